The van der Waals surface area contributed by atoms with E-state index >= 15 is 0 Å². The average molecular weight is 303 g/mol. The van der Waals surface area contributed by atoms with Crippen molar-refractivity contribution in [2.24, 2.45) is 0 Å². The van der Waals surface area contributed by atoms with Crippen molar-refractivity contribution >= 4 is 34.5 Å². The number of halogens is 1. The van der Waals surface area contributed by atoms with E-state index < -0.39 is 0 Å². The molecule has 3 aromatic rings. The van der Waals surface area contributed by atoms with Crippen LogP contribution in [0.1, 0.15) is 12.1 Å². The highest BCUT2D eigenvalue weighted by atomic mass is 35.5. The van der Waals surface area contributed by atoms with Gasteiger partial charge >= 0.3 is 0 Å². The summed E-state index contributed by atoms with van der Waals surface area (Å²) in [4.78, 5) is 4.20. The van der Waals surface area contributed by atoms with Crippen LogP contribution in [0.2, 0.25) is 5.28 Å². The fourth-order valence-electron chi connectivity index (χ4n) is 2.24. The minimum absolute atomic E-state index is 0.166. The molecule has 0 aliphatic carbocycles. The second-order valence-corrected chi connectivity index (χ2v) is 4.90. The van der Waals surface area contributed by atoms with Crippen molar-refractivity contribution < 1.29 is 4.74 Å². The van der Waals surface area contributed by atoms with Gasteiger partial charge in [0.15, 0.2) is 11.6 Å². The molecule has 0 atom stereocenters. The van der Waals surface area contributed by atoms with E-state index in [0.29, 0.717) is 18.2 Å². The number of H-pyrrole nitrogens is 1. The van der Waals surface area contributed by atoms with Gasteiger partial charge in [-0.15, -0.1) is 5.10 Å². The van der Waals surface area contributed by atoms with Gasteiger partial charge < -0.3 is 10.1 Å². The van der Waals surface area contributed by atoms with Gasteiger partial charge in [-0.25, -0.2) is 4.52 Å². The van der Waals surface area contributed by atoms with Gasteiger partial charge in [0.05, 0.1) is 6.61 Å². The molecule has 2 N–H and O–H groups in total. The molecule has 21 heavy (non-hydrogen) atoms. The third-order valence-corrected chi connectivity index (χ3v) is 3.32. The molecule has 7 nitrogen and oxygen atoms in total. The van der Waals surface area contributed by atoms with E-state index in [1.807, 2.05) is 24.3 Å². The van der Waals surface area contributed by atoms with Crippen molar-refractivity contribution in [3.63, 3.8) is 0 Å². The van der Waals surface area contributed by atoms with Crippen LogP contribution >= 0.6 is 11.6 Å². The number of aromatic nitrogens is 5. The number of ether oxygens (including phenoxy) is 1. The Bertz CT molecular complexity index is 836. The lowest BCUT2D eigenvalue weighted by molar-refractivity contribution is 0.306. The van der Waals surface area contributed by atoms with Gasteiger partial charge in [-0.1, -0.05) is 0 Å². The van der Waals surface area contributed by atoms with Crippen LogP contribution < -0.4 is 5.32 Å². The zero-order valence-corrected chi connectivity index (χ0v) is 11.6. The SMILES string of the molecule is Clc1nc(Nc2cc(C3=CCCO3)[nH]n2)c2cccn2n1. The molecule has 0 bridgehead atoms. The summed E-state index contributed by atoms with van der Waals surface area (Å²) >= 11 is 5.92. The van der Waals surface area contributed by atoms with Crippen LogP contribution in [0, 0.1) is 0 Å². The Morgan fingerprint density at radius 3 is 3.24 bits per heavy atom. The minimum atomic E-state index is 0.166. The lowest BCUT2D eigenvalue weighted by Gasteiger charge is -2.04. The number of aromatic amines is 1. The summed E-state index contributed by atoms with van der Waals surface area (Å²) in [5, 5.41) is 14.5. The monoisotopic (exact) mass is 302 g/mol. The molecule has 0 aromatic carbocycles. The van der Waals surface area contributed by atoms with Crippen molar-refractivity contribution in [2.45, 2.75) is 6.42 Å². The van der Waals surface area contributed by atoms with Crippen LogP contribution in [0.15, 0.2) is 30.5 Å². The molecule has 0 spiro atoms. The maximum atomic E-state index is 5.92. The van der Waals surface area contributed by atoms with Crippen molar-refractivity contribution in [1.29, 1.82) is 0 Å². The van der Waals surface area contributed by atoms with Crippen LogP contribution in [-0.4, -0.2) is 31.4 Å². The fourth-order valence-corrected chi connectivity index (χ4v) is 2.40. The van der Waals surface area contributed by atoms with Crippen molar-refractivity contribution in [2.75, 3.05) is 11.9 Å². The van der Waals surface area contributed by atoms with E-state index in [9.17, 15) is 0 Å². The number of hydrogen-bond donors (Lipinski definition) is 2. The Labute approximate surface area is 124 Å². The average Bonchev–Trinajstić information content (AvgIpc) is 3.19. The predicted molar refractivity (Wildman–Crippen MR) is 78.4 cm³/mol. The molecule has 1 aliphatic rings. The Kier molecular flexibility index (Phi) is 2.78. The summed E-state index contributed by atoms with van der Waals surface area (Å²) in [5.41, 5.74) is 1.65. The van der Waals surface area contributed by atoms with Crippen LogP contribution in [0.4, 0.5) is 11.6 Å². The second kappa shape index (κ2) is 4.78. The van der Waals surface area contributed by atoms with Gasteiger partial charge in [0.25, 0.3) is 0 Å². The lowest BCUT2D eigenvalue weighted by atomic mass is 10.3. The van der Waals surface area contributed by atoms with Gasteiger partial charge in [0.1, 0.15) is 17.0 Å². The summed E-state index contributed by atoms with van der Waals surface area (Å²) < 4.78 is 7.15. The highest BCUT2D eigenvalue weighted by Crippen LogP contribution is 2.24. The molecule has 106 valence electrons. The highest BCUT2D eigenvalue weighted by Gasteiger charge is 2.13. The van der Waals surface area contributed by atoms with Crippen molar-refractivity contribution in [3.8, 4) is 0 Å². The normalized spacial score (nSPS) is 14.2. The molecule has 0 saturated carbocycles. The van der Waals surface area contributed by atoms with E-state index in [1.54, 1.807) is 10.7 Å². The molecule has 4 rings (SSSR count). The number of nitrogens with one attached hydrogen (secondary N) is 2. The molecule has 1 aliphatic heterocycles. The van der Waals surface area contributed by atoms with Crippen LogP contribution in [0.25, 0.3) is 11.3 Å². The fraction of sp³-hybridized carbons (Fsp3) is 0.154. The summed E-state index contributed by atoms with van der Waals surface area (Å²) in [6, 6.07) is 5.64. The molecular formula is C13H11ClN6O. The molecule has 8 heteroatoms. The Balaban J connectivity index is 1.67. The van der Waals surface area contributed by atoms with E-state index in [2.05, 4.69) is 25.6 Å². The first-order chi connectivity index (χ1) is 10.3. The zero-order chi connectivity index (χ0) is 14.2. The van der Waals surface area contributed by atoms with Gasteiger partial charge in [-0.3, -0.25) is 5.10 Å². The number of rotatable bonds is 3. The van der Waals surface area contributed by atoms with Gasteiger partial charge in [-0.05, 0) is 29.8 Å². The highest BCUT2D eigenvalue weighted by molar-refractivity contribution is 6.28. The standard InChI is InChI=1S/C13H11ClN6O/c14-13-16-12(9-3-1-5-20(9)19-13)15-11-7-8(17-18-11)10-4-2-6-21-10/h1,3-5,7H,2,6H2,(H2,15,16,17,18,19). The first-order valence-electron chi connectivity index (χ1n) is 6.46. The molecule has 0 unspecified atom stereocenters. The van der Waals surface area contributed by atoms with Gasteiger partial charge in [-0.2, -0.15) is 10.1 Å². The topological polar surface area (TPSA) is 80.1 Å². The third-order valence-electron chi connectivity index (χ3n) is 3.16. The maximum absolute atomic E-state index is 5.92. The van der Waals surface area contributed by atoms with Crippen LogP contribution in [0.3, 0.4) is 0 Å². The first-order valence-corrected chi connectivity index (χ1v) is 6.84. The van der Waals surface area contributed by atoms with Crippen LogP contribution in [-0.2, 0) is 4.74 Å². The summed E-state index contributed by atoms with van der Waals surface area (Å²) in [6.45, 7) is 0.712. The molecule has 0 fully saturated rings. The number of nitrogens with zero attached hydrogens (tertiary/aromatic N) is 4. The summed E-state index contributed by atoms with van der Waals surface area (Å²) in [5.74, 6) is 2.06. The third kappa shape index (κ3) is 2.21. The second-order valence-electron chi connectivity index (χ2n) is 4.56. The molecule has 0 amide bonds. The first kappa shape index (κ1) is 12.2. The molecule has 3 aromatic heterocycles. The minimum Gasteiger partial charge on any atom is -0.491 e. The zero-order valence-electron chi connectivity index (χ0n) is 10.9. The predicted octanol–water partition coefficient (Wildman–Crippen LogP) is 2.61. The van der Waals surface area contributed by atoms with Crippen molar-refractivity contribution in [3.05, 3.63) is 41.4 Å². The number of fused-ring (bicyclic) bond motifs is 1. The lowest BCUT2D eigenvalue weighted by Crippen LogP contribution is -2.01. The van der Waals surface area contributed by atoms with E-state index in [1.165, 1.54) is 0 Å². The Hall–Kier alpha value is -2.54. The largest absolute Gasteiger partial charge is 0.491 e. The van der Waals surface area contributed by atoms with E-state index in [-0.39, 0.29) is 5.28 Å². The number of anilines is 2. The molecular weight excluding hydrogens is 292 g/mol. The molecule has 0 saturated heterocycles. The smallest absolute Gasteiger partial charge is 0.243 e. The van der Waals surface area contributed by atoms with Gasteiger partial charge in [0.2, 0.25) is 5.28 Å². The quantitative estimate of drug-likeness (QED) is 0.777. The number of hydrogen-bond acceptors (Lipinski definition) is 5. The van der Waals surface area contributed by atoms with E-state index in [0.717, 1.165) is 23.4 Å². The maximum Gasteiger partial charge on any atom is 0.243 e. The van der Waals surface area contributed by atoms with Crippen LogP contribution in [0.5, 0.6) is 0 Å². The van der Waals surface area contributed by atoms with Crippen molar-refractivity contribution in [1.82, 2.24) is 24.8 Å². The van der Waals surface area contributed by atoms with E-state index in [4.69, 9.17) is 16.3 Å². The van der Waals surface area contributed by atoms with Gasteiger partial charge in [0, 0.05) is 18.7 Å². The molecule has 0 radical (unpaired) electrons. The summed E-state index contributed by atoms with van der Waals surface area (Å²) in [6.07, 6.45) is 4.76. The Morgan fingerprint density at radius 1 is 1.43 bits per heavy atom. The summed E-state index contributed by atoms with van der Waals surface area (Å²) in [7, 11) is 0. The Morgan fingerprint density at radius 2 is 2.38 bits per heavy atom. The molecule has 4 heterocycles.